The maximum absolute atomic E-state index is 3.55. The van der Waals surface area contributed by atoms with Gasteiger partial charge in [0.15, 0.2) is 0 Å². The van der Waals surface area contributed by atoms with Crippen molar-refractivity contribution in [1.29, 1.82) is 0 Å². The standard InChI is InChI=1S/C12H22NPSe/c1-11(2,3)14(15,12(4,5)6)13-9-7-8-10-13/h7-10H,1-6H3. The minimum atomic E-state index is -1.35. The third-order valence-corrected chi connectivity index (χ3v) is 15.4. The third-order valence-electron chi connectivity index (χ3n) is 2.73. The van der Waals surface area contributed by atoms with Gasteiger partial charge in [0.1, 0.15) is 0 Å². The van der Waals surface area contributed by atoms with Gasteiger partial charge in [0.05, 0.1) is 0 Å². The molecule has 1 rings (SSSR count). The predicted molar refractivity (Wildman–Crippen MR) is 72.0 cm³/mol. The van der Waals surface area contributed by atoms with Crippen molar-refractivity contribution in [3.8, 4) is 0 Å². The Morgan fingerprint density at radius 3 is 1.47 bits per heavy atom. The number of hydrogen-bond donors (Lipinski definition) is 0. The van der Waals surface area contributed by atoms with Gasteiger partial charge in [-0.05, 0) is 0 Å². The van der Waals surface area contributed by atoms with Crippen LogP contribution in [0.15, 0.2) is 24.5 Å². The van der Waals surface area contributed by atoms with Crippen LogP contribution in [0.1, 0.15) is 41.5 Å². The second-order valence-electron chi connectivity index (χ2n) is 5.98. The molecular weight excluding hydrogens is 268 g/mol. The molecule has 0 aromatic carbocycles. The van der Waals surface area contributed by atoms with Crippen molar-refractivity contribution in [3.05, 3.63) is 24.5 Å². The molecule has 0 saturated carbocycles. The van der Waals surface area contributed by atoms with Gasteiger partial charge < -0.3 is 0 Å². The molecular formula is C12H22NPSe. The van der Waals surface area contributed by atoms with Crippen LogP contribution in [0.5, 0.6) is 0 Å². The summed E-state index contributed by atoms with van der Waals surface area (Å²) in [5.41, 5.74) is -1.35. The van der Waals surface area contributed by atoms with E-state index >= 15 is 0 Å². The van der Waals surface area contributed by atoms with Crippen LogP contribution in [0.4, 0.5) is 0 Å². The molecule has 0 aliphatic carbocycles. The number of nitrogens with zero attached hydrogens (tertiary/aromatic N) is 1. The van der Waals surface area contributed by atoms with Crippen molar-refractivity contribution in [3.63, 3.8) is 0 Å². The Morgan fingerprint density at radius 2 is 1.20 bits per heavy atom. The van der Waals surface area contributed by atoms with Crippen LogP contribution >= 0.6 is 5.66 Å². The first-order chi connectivity index (χ1) is 6.61. The van der Waals surface area contributed by atoms with Crippen LogP contribution in [-0.4, -0.2) is 29.7 Å². The third kappa shape index (κ3) is 2.18. The van der Waals surface area contributed by atoms with Gasteiger partial charge in [0.25, 0.3) is 0 Å². The Hall–Kier alpha value is 0.229. The van der Waals surface area contributed by atoms with Gasteiger partial charge in [0, 0.05) is 0 Å². The Kier molecular flexibility index (Phi) is 3.47. The Bertz CT molecular complexity index is 347. The summed E-state index contributed by atoms with van der Waals surface area (Å²) in [4.78, 5) is 0. The molecule has 0 bridgehead atoms. The van der Waals surface area contributed by atoms with Gasteiger partial charge in [-0.2, -0.15) is 0 Å². The number of rotatable bonds is 1. The molecule has 0 aliphatic rings. The zero-order valence-corrected chi connectivity index (χ0v) is 13.2. The normalized spacial score (nSPS) is 14.3. The van der Waals surface area contributed by atoms with E-state index in [0.717, 1.165) is 0 Å². The first-order valence-corrected chi connectivity index (χ1v) is 9.30. The van der Waals surface area contributed by atoms with Crippen LogP contribution in [0.3, 0.4) is 0 Å². The van der Waals surface area contributed by atoms with Crippen LogP contribution in [-0.2, 0) is 0 Å². The summed E-state index contributed by atoms with van der Waals surface area (Å²) < 4.78 is 2.41. The molecule has 0 N–H and O–H groups in total. The van der Waals surface area contributed by atoms with Crippen molar-refractivity contribution in [2.24, 2.45) is 0 Å². The average molecular weight is 290 g/mol. The molecule has 1 heterocycles. The molecule has 15 heavy (non-hydrogen) atoms. The summed E-state index contributed by atoms with van der Waals surface area (Å²) >= 11 is 3.55. The fraction of sp³-hybridized carbons (Fsp3) is 0.667. The van der Waals surface area contributed by atoms with E-state index in [2.05, 4.69) is 85.5 Å². The molecule has 0 atom stereocenters. The van der Waals surface area contributed by atoms with E-state index < -0.39 is 5.66 Å². The van der Waals surface area contributed by atoms with E-state index in [1.165, 1.54) is 0 Å². The molecule has 0 unspecified atom stereocenters. The first kappa shape index (κ1) is 13.3. The topological polar surface area (TPSA) is 4.93 Å². The van der Waals surface area contributed by atoms with Crippen LogP contribution in [0.25, 0.3) is 0 Å². The molecule has 1 nitrogen and oxygen atoms in total. The molecule has 1 aromatic rings. The Labute approximate surface area is 102 Å². The molecule has 3 heteroatoms. The van der Waals surface area contributed by atoms with Crippen molar-refractivity contribution in [2.75, 3.05) is 0 Å². The molecule has 0 saturated heterocycles. The fourth-order valence-electron chi connectivity index (χ4n) is 2.21. The van der Waals surface area contributed by atoms with Crippen molar-refractivity contribution in [2.45, 2.75) is 51.9 Å². The molecule has 1 aromatic heterocycles. The van der Waals surface area contributed by atoms with E-state index in [0.29, 0.717) is 0 Å². The SMILES string of the molecule is CC(C)(C)P(=[Se])(n1cccc1)C(C)(C)C. The Balaban J connectivity index is 3.41. The summed E-state index contributed by atoms with van der Waals surface area (Å²) in [6.07, 6.45) is 4.39. The van der Waals surface area contributed by atoms with Gasteiger partial charge in [-0.15, -0.1) is 0 Å². The molecule has 0 fully saturated rings. The van der Waals surface area contributed by atoms with Crippen LogP contribution in [0, 0.1) is 0 Å². The number of aromatic nitrogens is 1. The van der Waals surface area contributed by atoms with Crippen LogP contribution < -0.4 is 0 Å². The molecule has 0 aliphatic heterocycles. The fourth-order valence-corrected chi connectivity index (χ4v) is 6.83. The summed E-state index contributed by atoms with van der Waals surface area (Å²) in [6, 6.07) is 4.23. The van der Waals surface area contributed by atoms with Crippen molar-refractivity contribution in [1.82, 2.24) is 4.34 Å². The van der Waals surface area contributed by atoms with Gasteiger partial charge in [0.2, 0.25) is 0 Å². The molecule has 0 spiro atoms. The summed E-state index contributed by atoms with van der Waals surface area (Å²) in [7, 11) is 0. The van der Waals surface area contributed by atoms with Gasteiger partial charge in [-0.1, -0.05) is 0 Å². The molecule has 0 radical (unpaired) electrons. The zero-order chi connectivity index (χ0) is 11.9. The second-order valence-corrected chi connectivity index (χ2v) is 13.6. The average Bonchev–Trinajstić information content (AvgIpc) is 2.49. The first-order valence-electron chi connectivity index (χ1n) is 5.35. The predicted octanol–water partition coefficient (Wildman–Crippen LogP) is 3.95. The van der Waals surface area contributed by atoms with E-state index in [-0.39, 0.29) is 10.3 Å². The van der Waals surface area contributed by atoms with E-state index in [9.17, 15) is 0 Å². The van der Waals surface area contributed by atoms with E-state index in [4.69, 9.17) is 0 Å². The minimum absolute atomic E-state index is 0.282. The van der Waals surface area contributed by atoms with E-state index in [1.54, 1.807) is 0 Å². The van der Waals surface area contributed by atoms with Gasteiger partial charge >= 0.3 is 101 Å². The monoisotopic (exact) mass is 291 g/mol. The Morgan fingerprint density at radius 1 is 0.867 bits per heavy atom. The van der Waals surface area contributed by atoms with Crippen molar-refractivity contribution < 1.29 is 0 Å². The van der Waals surface area contributed by atoms with E-state index in [1.807, 2.05) is 0 Å². The summed E-state index contributed by atoms with van der Waals surface area (Å²) in [5, 5.41) is 0.564. The summed E-state index contributed by atoms with van der Waals surface area (Å²) in [5.74, 6) is 0. The van der Waals surface area contributed by atoms with Gasteiger partial charge in [-0.25, -0.2) is 0 Å². The van der Waals surface area contributed by atoms with Crippen LogP contribution in [0.2, 0.25) is 0 Å². The maximum atomic E-state index is 3.55. The zero-order valence-electron chi connectivity index (χ0n) is 10.6. The summed E-state index contributed by atoms with van der Waals surface area (Å²) in [6.45, 7) is 14.0. The van der Waals surface area contributed by atoms with Gasteiger partial charge in [-0.3, -0.25) is 0 Å². The quantitative estimate of drug-likeness (QED) is 0.545. The second kappa shape index (κ2) is 3.91. The number of hydrogen-bond acceptors (Lipinski definition) is 0. The molecule has 86 valence electrons. The molecule has 0 amide bonds. The van der Waals surface area contributed by atoms with Crippen molar-refractivity contribution >= 4 is 20.8 Å².